The van der Waals surface area contributed by atoms with E-state index in [-0.39, 0.29) is 5.82 Å². The van der Waals surface area contributed by atoms with Crippen LogP contribution in [0, 0.1) is 17.7 Å². The molecule has 0 spiro atoms. The van der Waals surface area contributed by atoms with Crippen molar-refractivity contribution in [2.45, 2.75) is 38.6 Å². The van der Waals surface area contributed by atoms with E-state index in [0.29, 0.717) is 18.4 Å². The van der Waals surface area contributed by atoms with Crippen molar-refractivity contribution in [3.8, 4) is 5.75 Å². The topological polar surface area (TPSA) is 21.3 Å². The summed E-state index contributed by atoms with van der Waals surface area (Å²) in [6, 6.07) is 5.76. The fourth-order valence-corrected chi connectivity index (χ4v) is 2.59. The lowest BCUT2D eigenvalue weighted by atomic mass is 10.1. The average molecular weight is 249 g/mol. The van der Waals surface area contributed by atoms with Gasteiger partial charge in [0, 0.05) is 17.8 Å². The van der Waals surface area contributed by atoms with E-state index in [4.69, 9.17) is 4.74 Å². The molecule has 0 unspecified atom stereocenters. The van der Waals surface area contributed by atoms with Crippen LogP contribution in [-0.4, -0.2) is 12.6 Å². The lowest BCUT2D eigenvalue weighted by Gasteiger charge is -2.19. The van der Waals surface area contributed by atoms with E-state index < -0.39 is 0 Å². The molecule has 18 heavy (non-hydrogen) atoms. The number of rotatable bonds is 6. The van der Waals surface area contributed by atoms with Gasteiger partial charge in [-0.1, -0.05) is 0 Å². The zero-order valence-electron chi connectivity index (χ0n) is 10.8. The minimum absolute atomic E-state index is 0.271. The number of nitrogens with one attached hydrogen (secondary N) is 1. The highest BCUT2D eigenvalue weighted by Gasteiger charge is 2.41. The van der Waals surface area contributed by atoms with Crippen LogP contribution in [0.15, 0.2) is 18.2 Å². The maximum atomic E-state index is 13.8. The van der Waals surface area contributed by atoms with E-state index in [2.05, 4.69) is 5.32 Å². The summed E-state index contributed by atoms with van der Waals surface area (Å²) in [4.78, 5) is 0. The molecule has 1 aromatic rings. The molecule has 0 heterocycles. The first kappa shape index (κ1) is 11.8. The number of hydrogen-bond acceptors (Lipinski definition) is 2. The van der Waals surface area contributed by atoms with Crippen molar-refractivity contribution < 1.29 is 9.13 Å². The lowest BCUT2D eigenvalue weighted by Crippen LogP contribution is -2.24. The maximum Gasteiger partial charge on any atom is 0.167 e. The van der Waals surface area contributed by atoms with Crippen molar-refractivity contribution in [3.05, 3.63) is 24.0 Å². The summed E-state index contributed by atoms with van der Waals surface area (Å²) in [5.41, 5.74) is 0.889. The Kier molecular flexibility index (Phi) is 3.14. The molecule has 0 aliphatic heterocycles. The number of hydrogen-bond donors (Lipinski definition) is 1. The van der Waals surface area contributed by atoms with Gasteiger partial charge < -0.3 is 10.1 Å². The molecule has 0 radical (unpaired) electrons. The molecule has 0 amide bonds. The van der Waals surface area contributed by atoms with Crippen molar-refractivity contribution in [1.29, 1.82) is 0 Å². The maximum absolute atomic E-state index is 13.8. The number of halogens is 1. The van der Waals surface area contributed by atoms with Gasteiger partial charge in [-0.2, -0.15) is 0 Å². The van der Waals surface area contributed by atoms with Crippen LogP contribution in [0.5, 0.6) is 5.75 Å². The molecule has 2 fully saturated rings. The predicted octanol–water partition coefficient (Wildman–Crippen LogP) is 3.82. The first-order chi connectivity index (χ1) is 8.78. The summed E-state index contributed by atoms with van der Waals surface area (Å²) in [6.07, 6.45) is 5.31. The molecule has 0 saturated heterocycles. The van der Waals surface area contributed by atoms with Gasteiger partial charge in [-0.15, -0.1) is 0 Å². The quantitative estimate of drug-likeness (QED) is 0.827. The van der Waals surface area contributed by atoms with Crippen LogP contribution in [0.2, 0.25) is 0 Å². The number of anilines is 1. The van der Waals surface area contributed by atoms with E-state index in [1.54, 1.807) is 12.1 Å². The molecule has 0 aromatic heterocycles. The Hall–Kier alpha value is -1.25. The fourth-order valence-electron chi connectivity index (χ4n) is 2.59. The molecule has 3 heteroatoms. The van der Waals surface area contributed by atoms with Crippen molar-refractivity contribution in [2.24, 2.45) is 11.8 Å². The van der Waals surface area contributed by atoms with Gasteiger partial charge >= 0.3 is 0 Å². The Labute approximate surface area is 108 Å². The van der Waals surface area contributed by atoms with Crippen LogP contribution in [0.4, 0.5) is 10.1 Å². The smallest absolute Gasteiger partial charge is 0.167 e. The molecule has 0 atom stereocenters. The monoisotopic (exact) mass is 249 g/mol. The van der Waals surface area contributed by atoms with Crippen LogP contribution in [0.3, 0.4) is 0 Å². The normalized spacial score (nSPS) is 19.1. The zero-order chi connectivity index (χ0) is 12.5. The van der Waals surface area contributed by atoms with Gasteiger partial charge in [-0.25, -0.2) is 4.39 Å². The first-order valence-corrected chi connectivity index (χ1v) is 6.97. The Morgan fingerprint density at radius 1 is 1.28 bits per heavy atom. The van der Waals surface area contributed by atoms with Gasteiger partial charge in [-0.05, 0) is 56.6 Å². The van der Waals surface area contributed by atoms with Gasteiger partial charge in [0.1, 0.15) is 0 Å². The van der Waals surface area contributed by atoms with E-state index in [0.717, 1.165) is 17.5 Å². The minimum Gasteiger partial charge on any atom is -0.491 e. The second-order valence-electron chi connectivity index (χ2n) is 5.42. The van der Waals surface area contributed by atoms with Gasteiger partial charge in [0.2, 0.25) is 0 Å². The molecule has 1 aromatic carbocycles. The Morgan fingerprint density at radius 2 is 1.94 bits per heavy atom. The lowest BCUT2D eigenvalue weighted by molar-refractivity contribution is 0.321. The fraction of sp³-hybridized carbons (Fsp3) is 0.600. The van der Waals surface area contributed by atoms with Gasteiger partial charge in [0.05, 0.1) is 6.61 Å². The predicted molar refractivity (Wildman–Crippen MR) is 70.4 cm³/mol. The highest BCUT2D eigenvalue weighted by atomic mass is 19.1. The molecule has 98 valence electrons. The highest BCUT2D eigenvalue weighted by Crippen LogP contribution is 2.46. The standard InChI is InChI=1S/C15H20FNO/c1-2-18-14-8-7-12(9-13(14)16)17-15(10-3-4-10)11-5-6-11/h7-11,15,17H,2-6H2,1H3. The van der Waals surface area contributed by atoms with Crippen LogP contribution in [0.25, 0.3) is 0 Å². The number of benzene rings is 1. The molecule has 1 N–H and O–H groups in total. The van der Waals surface area contributed by atoms with Crippen LogP contribution < -0.4 is 10.1 Å². The van der Waals surface area contributed by atoms with E-state index in [1.165, 1.54) is 25.7 Å². The second-order valence-corrected chi connectivity index (χ2v) is 5.42. The van der Waals surface area contributed by atoms with Crippen molar-refractivity contribution in [2.75, 3.05) is 11.9 Å². The van der Waals surface area contributed by atoms with Crippen molar-refractivity contribution in [3.63, 3.8) is 0 Å². The van der Waals surface area contributed by atoms with Gasteiger partial charge in [0.25, 0.3) is 0 Å². The van der Waals surface area contributed by atoms with E-state index >= 15 is 0 Å². The summed E-state index contributed by atoms with van der Waals surface area (Å²) < 4.78 is 19.0. The molecular formula is C15H20FNO. The summed E-state index contributed by atoms with van der Waals surface area (Å²) in [5.74, 6) is 1.70. The highest BCUT2D eigenvalue weighted by molar-refractivity contribution is 5.48. The third kappa shape index (κ3) is 2.60. The van der Waals surface area contributed by atoms with Crippen molar-refractivity contribution in [1.82, 2.24) is 0 Å². The van der Waals surface area contributed by atoms with Crippen LogP contribution >= 0.6 is 0 Å². The summed E-state index contributed by atoms with van der Waals surface area (Å²) in [6.45, 7) is 2.36. The van der Waals surface area contributed by atoms with Gasteiger partial charge in [-0.3, -0.25) is 0 Å². The molecule has 2 saturated carbocycles. The SMILES string of the molecule is CCOc1ccc(NC(C2CC2)C2CC2)cc1F. The third-order valence-electron chi connectivity index (χ3n) is 3.82. The van der Waals surface area contributed by atoms with Crippen molar-refractivity contribution >= 4 is 5.69 Å². The third-order valence-corrected chi connectivity index (χ3v) is 3.82. The number of ether oxygens (including phenoxy) is 1. The Morgan fingerprint density at radius 3 is 2.44 bits per heavy atom. The average Bonchev–Trinajstić information content (AvgIpc) is 3.23. The van der Waals surface area contributed by atoms with Gasteiger partial charge in [0.15, 0.2) is 11.6 Å². The largest absolute Gasteiger partial charge is 0.491 e. The molecule has 0 bridgehead atoms. The molecule has 2 nitrogen and oxygen atoms in total. The minimum atomic E-state index is -0.271. The summed E-state index contributed by atoms with van der Waals surface area (Å²) in [5, 5.41) is 3.52. The molecular weight excluding hydrogens is 229 g/mol. The second kappa shape index (κ2) is 4.79. The molecule has 2 aliphatic carbocycles. The first-order valence-electron chi connectivity index (χ1n) is 6.97. The Bertz CT molecular complexity index is 415. The summed E-state index contributed by atoms with van der Waals surface area (Å²) >= 11 is 0. The van der Waals surface area contributed by atoms with E-state index in [1.807, 2.05) is 13.0 Å². The zero-order valence-corrected chi connectivity index (χ0v) is 10.8. The van der Waals surface area contributed by atoms with Crippen LogP contribution in [0.1, 0.15) is 32.6 Å². The van der Waals surface area contributed by atoms with Crippen LogP contribution in [-0.2, 0) is 0 Å². The Balaban J connectivity index is 1.69. The molecule has 3 rings (SSSR count). The summed E-state index contributed by atoms with van der Waals surface area (Å²) in [7, 11) is 0. The van der Waals surface area contributed by atoms with E-state index in [9.17, 15) is 4.39 Å². The molecule has 2 aliphatic rings.